The van der Waals surface area contributed by atoms with Crippen LogP contribution < -0.4 is 4.43 Å². The molecule has 0 spiro atoms. The van der Waals surface area contributed by atoms with Gasteiger partial charge >= 0.3 is 5.97 Å². The van der Waals surface area contributed by atoms with Crippen LogP contribution in [0.1, 0.15) is 51.9 Å². The molecule has 0 unspecified atom stereocenters. The van der Waals surface area contributed by atoms with Crippen LogP contribution in [0.15, 0.2) is 12.1 Å². The number of hydrogen-bond donors (Lipinski definition) is 1. The molecule has 1 N–H and O–H groups in total. The largest absolute Gasteiger partial charge is 0.543 e. The molecular formula is C16H24Cl2O3Si. The minimum absolute atomic E-state index is 0.0819. The van der Waals surface area contributed by atoms with Gasteiger partial charge in [0.2, 0.25) is 0 Å². The fourth-order valence-electron chi connectivity index (χ4n) is 3.37. The lowest BCUT2D eigenvalue weighted by molar-refractivity contribution is 0.0697. The van der Waals surface area contributed by atoms with Crippen molar-refractivity contribution in [2.75, 3.05) is 0 Å². The van der Waals surface area contributed by atoms with Gasteiger partial charge in [-0.1, -0.05) is 64.7 Å². The van der Waals surface area contributed by atoms with Crippen molar-refractivity contribution < 1.29 is 14.3 Å². The predicted molar refractivity (Wildman–Crippen MR) is 95.1 cm³/mol. The first-order valence-corrected chi connectivity index (χ1v) is 10.3. The maximum atomic E-state index is 11.2. The zero-order chi connectivity index (χ0) is 17.2. The molecule has 1 aromatic carbocycles. The third-order valence-electron chi connectivity index (χ3n) is 4.23. The van der Waals surface area contributed by atoms with Gasteiger partial charge in [-0.3, -0.25) is 0 Å². The second-order valence-corrected chi connectivity index (χ2v) is 12.7. The fraction of sp³-hybridized carbons (Fsp3) is 0.562. The van der Waals surface area contributed by atoms with Gasteiger partial charge in [-0.2, -0.15) is 0 Å². The molecule has 1 aromatic rings. The van der Waals surface area contributed by atoms with Gasteiger partial charge < -0.3 is 9.53 Å². The molecule has 6 heteroatoms. The van der Waals surface area contributed by atoms with Gasteiger partial charge in [0.05, 0.1) is 15.6 Å². The van der Waals surface area contributed by atoms with Crippen molar-refractivity contribution in [3.63, 3.8) is 0 Å². The van der Waals surface area contributed by atoms with Crippen LogP contribution in [-0.4, -0.2) is 19.4 Å². The smallest absolute Gasteiger partial charge is 0.338 e. The fourth-order valence-corrected chi connectivity index (χ4v) is 9.23. The number of carbonyl (C=O) groups is 1. The molecule has 1 rings (SSSR count). The first-order chi connectivity index (χ1) is 10.0. The van der Waals surface area contributed by atoms with Gasteiger partial charge in [-0.15, -0.1) is 0 Å². The Hall–Kier alpha value is -0.713. The summed E-state index contributed by atoms with van der Waals surface area (Å²) in [6, 6.07) is 3.12. The summed E-state index contributed by atoms with van der Waals surface area (Å²) in [5.41, 5.74) is 1.14. The first kappa shape index (κ1) is 19.3. The molecule has 3 nitrogen and oxygen atoms in total. The summed E-state index contributed by atoms with van der Waals surface area (Å²) in [6.45, 7) is 13.1. The number of halogens is 2. The van der Waals surface area contributed by atoms with Crippen LogP contribution in [0.4, 0.5) is 0 Å². The molecule has 22 heavy (non-hydrogen) atoms. The molecule has 0 aliphatic carbocycles. The Morgan fingerprint density at radius 1 is 1.00 bits per heavy atom. The Bertz CT molecular complexity index is 512. The summed E-state index contributed by atoms with van der Waals surface area (Å²) in [7, 11) is -2.12. The molecule has 0 bridgehead atoms. The van der Waals surface area contributed by atoms with E-state index in [1.165, 1.54) is 0 Å². The molecule has 0 aromatic heterocycles. The van der Waals surface area contributed by atoms with Gasteiger partial charge in [0.25, 0.3) is 8.32 Å². The topological polar surface area (TPSA) is 46.5 Å². The molecule has 124 valence electrons. The van der Waals surface area contributed by atoms with E-state index >= 15 is 0 Å². The molecule has 0 atom stereocenters. The minimum Gasteiger partial charge on any atom is -0.543 e. The molecular weight excluding hydrogens is 339 g/mol. The van der Waals surface area contributed by atoms with Crippen molar-refractivity contribution in [1.29, 1.82) is 0 Å². The summed E-state index contributed by atoms with van der Waals surface area (Å²) in [5, 5.41) is 9.35. The Balaban J connectivity index is 3.34. The van der Waals surface area contributed by atoms with E-state index in [9.17, 15) is 4.79 Å². The monoisotopic (exact) mass is 362 g/mol. The lowest BCUT2D eigenvalue weighted by Crippen LogP contribution is -2.50. The van der Waals surface area contributed by atoms with Gasteiger partial charge in [-0.05, 0) is 28.8 Å². The summed E-state index contributed by atoms with van der Waals surface area (Å²) < 4.78 is 6.46. The van der Waals surface area contributed by atoms with Crippen molar-refractivity contribution in [2.45, 2.75) is 58.2 Å². The van der Waals surface area contributed by atoms with Crippen LogP contribution in [0.5, 0.6) is 5.75 Å². The van der Waals surface area contributed by atoms with E-state index in [0.29, 0.717) is 22.4 Å². The number of carboxylic acids is 1. The summed E-state index contributed by atoms with van der Waals surface area (Å²) >= 11 is 12.1. The van der Waals surface area contributed by atoms with Crippen molar-refractivity contribution in [3.05, 3.63) is 27.7 Å². The van der Waals surface area contributed by atoms with E-state index in [0.717, 1.165) is 0 Å². The van der Waals surface area contributed by atoms with Crippen LogP contribution >= 0.6 is 23.2 Å². The molecule has 0 aliphatic rings. The van der Waals surface area contributed by atoms with Gasteiger partial charge in [0.15, 0.2) is 0 Å². The second kappa shape index (κ2) is 7.24. The third kappa shape index (κ3) is 3.61. The van der Waals surface area contributed by atoms with Gasteiger partial charge in [0, 0.05) is 0 Å². The number of carboxylic acid groups (broad SMARTS) is 1. The van der Waals surface area contributed by atoms with Crippen LogP contribution in [0.25, 0.3) is 0 Å². The van der Waals surface area contributed by atoms with Crippen LogP contribution in [0.2, 0.25) is 26.7 Å². The van der Waals surface area contributed by atoms with Crippen LogP contribution in [0, 0.1) is 0 Å². The summed E-state index contributed by atoms with van der Waals surface area (Å²) in [6.07, 6.45) is 0. The summed E-state index contributed by atoms with van der Waals surface area (Å²) in [4.78, 5) is 11.2. The third-order valence-corrected chi connectivity index (χ3v) is 10.8. The minimum atomic E-state index is -2.12. The van der Waals surface area contributed by atoms with Crippen molar-refractivity contribution in [2.24, 2.45) is 0 Å². The van der Waals surface area contributed by atoms with E-state index in [1.807, 2.05) is 0 Å². The zero-order valence-electron chi connectivity index (χ0n) is 13.9. The molecule has 0 radical (unpaired) electrons. The van der Waals surface area contributed by atoms with E-state index in [4.69, 9.17) is 32.7 Å². The second-order valence-electron chi connectivity index (χ2n) is 6.49. The maximum Gasteiger partial charge on any atom is 0.338 e. The van der Waals surface area contributed by atoms with E-state index in [1.54, 1.807) is 12.1 Å². The number of aromatic carboxylic acids is 1. The molecule has 0 fully saturated rings. The normalized spacial score (nSPS) is 12.3. The highest BCUT2D eigenvalue weighted by molar-refractivity contribution is 6.78. The van der Waals surface area contributed by atoms with Crippen LogP contribution in [-0.2, 0) is 0 Å². The predicted octanol–water partition coefficient (Wildman–Crippen LogP) is 6.25. The highest BCUT2D eigenvalue weighted by atomic mass is 35.5. The summed E-state index contributed by atoms with van der Waals surface area (Å²) in [5.74, 6) is -0.579. The molecule has 0 heterocycles. The number of rotatable bonds is 6. The molecule has 0 saturated carbocycles. The Morgan fingerprint density at radius 2 is 1.36 bits per heavy atom. The quantitative estimate of drug-likeness (QED) is 0.608. The van der Waals surface area contributed by atoms with Gasteiger partial charge in [0.1, 0.15) is 5.75 Å². The Labute approximate surface area is 143 Å². The van der Waals surface area contributed by atoms with E-state index in [-0.39, 0.29) is 15.6 Å². The van der Waals surface area contributed by atoms with Crippen molar-refractivity contribution in [1.82, 2.24) is 0 Å². The van der Waals surface area contributed by atoms with Gasteiger partial charge in [-0.25, -0.2) is 4.79 Å². The SMILES string of the molecule is CC(C)[Si](Oc1cc(Cl)c(C(=O)O)c(Cl)c1)(C(C)C)C(C)C. The molecule has 0 aliphatic heterocycles. The highest BCUT2D eigenvalue weighted by Gasteiger charge is 2.47. The van der Waals surface area contributed by atoms with E-state index in [2.05, 4.69) is 41.5 Å². The first-order valence-electron chi connectivity index (χ1n) is 7.45. The van der Waals surface area contributed by atoms with Crippen LogP contribution in [0.3, 0.4) is 0 Å². The Kier molecular flexibility index (Phi) is 6.36. The van der Waals surface area contributed by atoms with Crippen molar-refractivity contribution >= 4 is 37.5 Å². The zero-order valence-corrected chi connectivity index (χ0v) is 16.4. The number of benzene rings is 1. The lowest BCUT2D eigenvalue weighted by Gasteiger charge is -2.42. The Morgan fingerprint density at radius 3 is 1.64 bits per heavy atom. The standard InChI is InChI=1S/C16H24Cl2O3Si/c1-9(2)22(10(3)4,11(5)6)21-12-7-13(17)15(16(19)20)14(18)8-12/h7-11H,1-6H3,(H,19,20). The average molecular weight is 363 g/mol. The average Bonchev–Trinajstić information content (AvgIpc) is 2.32. The number of hydrogen-bond acceptors (Lipinski definition) is 2. The van der Waals surface area contributed by atoms with Crippen molar-refractivity contribution in [3.8, 4) is 5.75 Å². The highest BCUT2D eigenvalue weighted by Crippen LogP contribution is 2.43. The molecule has 0 amide bonds. The van der Waals surface area contributed by atoms with E-state index < -0.39 is 14.3 Å². The maximum absolute atomic E-state index is 11.2. The lowest BCUT2D eigenvalue weighted by atomic mass is 10.2. The molecule has 0 saturated heterocycles.